The third-order valence-corrected chi connectivity index (χ3v) is 2.82. The fraction of sp³-hybridized carbons (Fsp3) is 0.0667. The monoisotopic (exact) mass is 308 g/mol. The normalized spacial score (nSPS) is 10.9. The van der Waals surface area contributed by atoms with Crippen molar-refractivity contribution in [3.63, 3.8) is 0 Å². The second-order valence-electron chi connectivity index (χ2n) is 4.37. The predicted molar refractivity (Wildman–Crippen MR) is 75.5 cm³/mol. The van der Waals surface area contributed by atoms with Crippen molar-refractivity contribution in [3.05, 3.63) is 59.7 Å². The maximum Gasteiger partial charge on any atom is 0.416 e. The quantitative estimate of drug-likeness (QED) is 0.849. The van der Waals surface area contributed by atoms with E-state index in [0.29, 0.717) is 12.1 Å². The first-order valence-electron chi connectivity index (χ1n) is 6.19. The molecular formula is C15H11F3N2O2. The number of hydrogen-bond donors (Lipinski definition) is 2. The molecule has 0 unspecified atom stereocenters. The molecule has 2 aromatic carbocycles. The molecule has 22 heavy (non-hydrogen) atoms. The van der Waals surface area contributed by atoms with Crippen LogP contribution in [-0.2, 0) is 11.0 Å². The van der Waals surface area contributed by atoms with Gasteiger partial charge in [0, 0.05) is 16.9 Å². The van der Waals surface area contributed by atoms with Crippen LogP contribution in [0.25, 0.3) is 0 Å². The van der Waals surface area contributed by atoms with Gasteiger partial charge in [0.1, 0.15) is 0 Å². The summed E-state index contributed by atoms with van der Waals surface area (Å²) >= 11 is 0. The number of carbonyl (C=O) groups excluding carboxylic acids is 2. The largest absolute Gasteiger partial charge is 0.416 e. The zero-order valence-corrected chi connectivity index (χ0v) is 11.1. The summed E-state index contributed by atoms with van der Waals surface area (Å²) in [6, 6.07) is 10.3. The third kappa shape index (κ3) is 3.85. The van der Waals surface area contributed by atoms with Gasteiger partial charge in [0.2, 0.25) is 6.41 Å². The van der Waals surface area contributed by atoms with Crippen LogP contribution in [0.4, 0.5) is 24.5 Å². The minimum absolute atomic E-state index is 0.0509. The molecule has 0 fully saturated rings. The summed E-state index contributed by atoms with van der Waals surface area (Å²) in [4.78, 5) is 22.2. The standard InChI is InChI=1S/C15H11F3N2O2/c16-15(17,18)11-2-1-3-13(8-11)20-14(22)10-4-6-12(7-5-10)19-9-21/h1-9H,(H,19,21)(H,20,22). The summed E-state index contributed by atoms with van der Waals surface area (Å²) in [7, 11) is 0. The number of halogens is 3. The summed E-state index contributed by atoms with van der Waals surface area (Å²) in [6.45, 7) is 0. The van der Waals surface area contributed by atoms with Gasteiger partial charge in [-0.15, -0.1) is 0 Å². The van der Waals surface area contributed by atoms with Gasteiger partial charge in [-0.2, -0.15) is 13.2 Å². The molecular weight excluding hydrogens is 297 g/mol. The Hall–Kier alpha value is -2.83. The van der Waals surface area contributed by atoms with Crippen molar-refractivity contribution in [3.8, 4) is 0 Å². The molecule has 0 saturated carbocycles. The van der Waals surface area contributed by atoms with E-state index in [4.69, 9.17) is 0 Å². The lowest BCUT2D eigenvalue weighted by Crippen LogP contribution is -2.13. The lowest BCUT2D eigenvalue weighted by Gasteiger charge is -2.10. The summed E-state index contributed by atoms with van der Waals surface area (Å²) < 4.78 is 37.8. The van der Waals surface area contributed by atoms with Crippen molar-refractivity contribution >= 4 is 23.7 Å². The maximum atomic E-state index is 12.6. The van der Waals surface area contributed by atoms with Crippen LogP contribution < -0.4 is 10.6 Å². The molecule has 7 heteroatoms. The number of rotatable bonds is 4. The minimum Gasteiger partial charge on any atom is -0.329 e. The van der Waals surface area contributed by atoms with Gasteiger partial charge in [0.25, 0.3) is 5.91 Å². The van der Waals surface area contributed by atoms with E-state index in [9.17, 15) is 22.8 Å². The van der Waals surface area contributed by atoms with Crippen LogP contribution in [-0.4, -0.2) is 12.3 Å². The van der Waals surface area contributed by atoms with Crippen LogP contribution in [0, 0.1) is 0 Å². The Kier molecular flexibility index (Phi) is 4.45. The Balaban J connectivity index is 2.13. The molecule has 0 aliphatic rings. The summed E-state index contributed by atoms with van der Waals surface area (Å²) in [5.41, 5.74) is -0.0229. The molecule has 2 amide bonds. The van der Waals surface area contributed by atoms with Gasteiger partial charge in [-0.1, -0.05) is 6.07 Å². The fourth-order valence-corrected chi connectivity index (χ4v) is 1.76. The van der Waals surface area contributed by atoms with Crippen LogP contribution in [0.3, 0.4) is 0 Å². The highest BCUT2D eigenvalue weighted by atomic mass is 19.4. The summed E-state index contributed by atoms with van der Waals surface area (Å²) in [6.07, 6.45) is -3.97. The molecule has 0 bridgehead atoms. The van der Waals surface area contributed by atoms with Gasteiger partial charge in [-0.3, -0.25) is 9.59 Å². The molecule has 0 heterocycles. The summed E-state index contributed by atoms with van der Waals surface area (Å²) in [5.74, 6) is -0.544. The maximum absolute atomic E-state index is 12.6. The number of alkyl halides is 3. The van der Waals surface area contributed by atoms with Crippen molar-refractivity contribution in [2.45, 2.75) is 6.18 Å². The van der Waals surface area contributed by atoms with E-state index >= 15 is 0 Å². The number of anilines is 2. The minimum atomic E-state index is -4.47. The highest BCUT2D eigenvalue weighted by Crippen LogP contribution is 2.30. The Labute approximate surface area is 124 Å². The third-order valence-electron chi connectivity index (χ3n) is 2.82. The highest BCUT2D eigenvalue weighted by Gasteiger charge is 2.30. The molecule has 0 saturated heterocycles. The van der Waals surface area contributed by atoms with E-state index in [2.05, 4.69) is 10.6 Å². The molecule has 0 radical (unpaired) electrons. The van der Waals surface area contributed by atoms with Crippen LogP contribution in [0.15, 0.2) is 48.5 Å². The van der Waals surface area contributed by atoms with Gasteiger partial charge in [-0.05, 0) is 42.5 Å². The zero-order chi connectivity index (χ0) is 16.2. The molecule has 0 aromatic heterocycles. The lowest BCUT2D eigenvalue weighted by atomic mass is 10.1. The van der Waals surface area contributed by atoms with E-state index in [0.717, 1.165) is 12.1 Å². The second-order valence-corrected chi connectivity index (χ2v) is 4.37. The Morgan fingerprint density at radius 1 is 1.00 bits per heavy atom. The smallest absolute Gasteiger partial charge is 0.329 e. The predicted octanol–water partition coefficient (Wildman–Crippen LogP) is 3.53. The summed E-state index contributed by atoms with van der Waals surface area (Å²) in [5, 5.41) is 4.80. The molecule has 2 N–H and O–H groups in total. The fourth-order valence-electron chi connectivity index (χ4n) is 1.76. The Bertz CT molecular complexity index is 682. The van der Waals surface area contributed by atoms with Crippen LogP contribution in [0.1, 0.15) is 15.9 Å². The van der Waals surface area contributed by atoms with Gasteiger partial charge >= 0.3 is 6.18 Å². The number of hydrogen-bond acceptors (Lipinski definition) is 2. The number of carbonyl (C=O) groups is 2. The molecule has 0 aliphatic heterocycles. The molecule has 0 spiro atoms. The molecule has 114 valence electrons. The van der Waals surface area contributed by atoms with Gasteiger partial charge in [-0.25, -0.2) is 0 Å². The number of amides is 2. The molecule has 2 aromatic rings. The van der Waals surface area contributed by atoms with Crippen molar-refractivity contribution in [2.75, 3.05) is 10.6 Å². The van der Waals surface area contributed by atoms with Crippen LogP contribution in [0.2, 0.25) is 0 Å². The molecule has 4 nitrogen and oxygen atoms in total. The van der Waals surface area contributed by atoms with Crippen molar-refractivity contribution < 1.29 is 22.8 Å². The van der Waals surface area contributed by atoms with E-state index in [1.807, 2.05) is 0 Å². The average Bonchev–Trinajstić information content (AvgIpc) is 2.48. The van der Waals surface area contributed by atoms with Gasteiger partial charge in [0.05, 0.1) is 5.56 Å². The first kappa shape index (κ1) is 15.6. The molecule has 0 aliphatic carbocycles. The Morgan fingerprint density at radius 3 is 2.27 bits per heavy atom. The number of benzene rings is 2. The average molecular weight is 308 g/mol. The van der Waals surface area contributed by atoms with E-state index in [-0.39, 0.29) is 11.3 Å². The number of nitrogens with one attached hydrogen (secondary N) is 2. The first-order chi connectivity index (χ1) is 10.4. The molecule has 0 atom stereocenters. The van der Waals surface area contributed by atoms with E-state index in [1.165, 1.54) is 36.4 Å². The van der Waals surface area contributed by atoms with E-state index < -0.39 is 17.6 Å². The topological polar surface area (TPSA) is 58.2 Å². The Morgan fingerprint density at radius 2 is 1.68 bits per heavy atom. The molecule has 2 rings (SSSR count). The van der Waals surface area contributed by atoms with Crippen molar-refractivity contribution in [2.24, 2.45) is 0 Å². The lowest BCUT2D eigenvalue weighted by molar-refractivity contribution is -0.137. The second kappa shape index (κ2) is 6.30. The van der Waals surface area contributed by atoms with Crippen molar-refractivity contribution in [1.82, 2.24) is 0 Å². The van der Waals surface area contributed by atoms with E-state index in [1.54, 1.807) is 0 Å². The van der Waals surface area contributed by atoms with Gasteiger partial charge in [0.15, 0.2) is 0 Å². The van der Waals surface area contributed by atoms with Gasteiger partial charge < -0.3 is 10.6 Å². The van der Waals surface area contributed by atoms with Crippen LogP contribution in [0.5, 0.6) is 0 Å². The zero-order valence-electron chi connectivity index (χ0n) is 11.1. The van der Waals surface area contributed by atoms with Crippen LogP contribution >= 0.6 is 0 Å². The van der Waals surface area contributed by atoms with Crippen molar-refractivity contribution in [1.29, 1.82) is 0 Å². The highest BCUT2D eigenvalue weighted by molar-refractivity contribution is 6.04. The first-order valence-corrected chi connectivity index (χ1v) is 6.19. The SMILES string of the molecule is O=CNc1ccc(C(=O)Nc2cccc(C(F)(F)F)c2)cc1.